The highest BCUT2D eigenvalue weighted by molar-refractivity contribution is 7.92. The number of sulfonamides is 1. The maximum absolute atomic E-state index is 13.2. The minimum atomic E-state index is -3.77. The number of amides is 1. The lowest BCUT2D eigenvalue weighted by Gasteiger charge is -2.09. The normalized spacial score (nSPS) is 11.2. The maximum Gasteiger partial charge on any atom is 0.261 e. The highest BCUT2D eigenvalue weighted by Gasteiger charge is 2.16. The first-order valence-electron chi connectivity index (χ1n) is 9.54. The van der Waals surface area contributed by atoms with E-state index in [4.69, 9.17) is 0 Å². The summed E-state index contributed by atoms with van der Waals surface area (Å²) < 4.78 is 40.7. The van der Waals surface area contributed by atoms with Gasteiger partial charge in [0.15, 0.2) is 5.13 Å². The number of thiazole rings is 1. The molecule has 0 atom stereocenters. The van der Waals surface area contributed by atoms with Gasteiger partial charge in [0.1, 0.15) is 5.82 Å². The molecule has 4 aromatic rings. The molecule has 0 aliphatic carbocycles. The molecule has 1 aromatic heterocycles. The summed E-state index contributed by atoms with van der Waals surface area (Å²) in [4.78, 5) is 18.2. The van der Waals surface area contributed by atoms with E-state index in [2.05, 4.69) is 15.0 Å². The Kier molecular flexibility index (Phi) is 6.02. The third-order valence-electron chi connectivity index (χ3n) is 4.57. The minimum absolute atomic E-state index is 0.126. The van der Waals surface area contributed by atoms with Crippen molar-refractivity contribution < 1.29 is 17.6 Å². The number of nitrogens with zero attached hydrogens (tertiary/aromatic N) is 1. The van der Waals surface area contributed by atoms with Crippen LogP contribution in [0.25, 0.3) is 11.3 Å². The van der Waals surface area contributed by atoms with Gasteiger partial charge in [-0.05, 0) is 61.5 Å². The van der Waals surface area contributed by atoms with E-state index in [9.17, 15) is 17.6 Å². The molecule has 0 saturated heterocycles. The number of carbonyl (C=O) groups excluding carboxylic acids is 1. The molecular weight excluding hydrogens is 449 g/mol. The Bertz CT molecular complexity index is 1370. The van der Waals surface area contributed by atoms with Crippen LogP contribution in [0, 0.1) is 12.7 Å². The second kappa shape index (κ2) is 8.89. The lowest BCUT2D eigenvalue weighted by Crippen LogP contribution is -2.15. The summed E-state index contributed by atoms with van der Waals surface area (Å²) in [5.41, 5.74) is 1.95. The monoisotopic (exact) mass is 467 g/mol. The van der Waals surface area contributed by atoms with Crippen molar-refractivity contribution in [2.75, 3.05) is 10.0 Å². The van der Waals surface area contributed by atoms with Crippen LogP contribution in [0.15, 0.2) is 83.8 Å². The second-order valence-corrected chi connectivity index (χ2v) is 9.77. The van der Waals surface area contributed by atoms with Gasteiger partial charge in [-0.1, -0.05) is 24.3 Å². The lowest BCUT2D eigenvalue weighted by molar-refractivity contribution is 0.102. The molecule has 0 fully saturated rings. The van der Waals surface area contributed by atoms with Gasteiger partial charge in [0.05, 0.1) is 10.6 Å². The number of hydrogen-bond donors (Lipinski definition) is 2. The van der Waals surface area contributed by atoms with Gasteiger partial charge in [-0.2, -0.15) is 0 Å². The molecular formula is C23H18FN3O3S2. The van der Waals surface area contributed by atoms with Gasteiger partial charge < -0.3 is 0 Å². The van der Waals surface area contributed by atoms with Crippen molar-refractivity contribution in [2.24, 2.45) is 0 Å². The quantitative estimate of drug-likeness (QED) is 0.402. The zero-order valence-electron chi connectivity index (χ0n) is 16.9. The predicted octanol–water partition coefficient (Wildman–Crippen LogP) is 5.31. The van der Waals surface area contributed by atoms with E-state index in [0.717, 1.165) is 10.4 Å². The third-order valence-corrected chi connectivity index (χ3v) is 6.85. The molecule has 4 rings (SSSR count). The molecule has 0 saturated carbocycles. The van der Waals surface area contributed by atoms with Crippen LogP contribution in [-0.4, -0.2) is 19.3 Å². The molecule has 0 spiro atoms. The zero-order chi connectivity index (χ0) is 22.7. The molecule has 0 radical (unpaired) electrons. The van der Waals surface area contributed by atoms with Crippen LogP contribution in [0.4, 0.5) is 15.2 Å². The van der Waals surface area contributed by atoms with Crippen molar-refractivity contribution in [3.63, 3.8) is 0 Å². The van der Waals surface area contributed by atoms with Crippen LogP contribution in [0.2, 0.25) is 0 Å². The smallest absolute Gasteiger partial charge is 0.261 e. The van der Waals surface area contributed by atoms with Gasteiger partial charge in [0, 0.05) is 21.7 Å². The molecule has 0 unspecified atom stereocenters. The Hall–Kier alpha value is -3.56. The topological polar surface area (TPSA) is 88.2 Å². The summed E-state index contributed by atoms with van der Waals surface area (Å²) >= 11 is 1.30. The molecule has 0 aliphatic rings. The molecule has 162 valence electrons. The standard InChI is InChI=1S/C23H18FN3O3S2/c1-15-21(16-10-12-18(24)13-11-16)25-23(31-15)26-22(28)17-6-5-7-19(14-17)27-32(29,30)20-8-3-2-4-9-20/h2-14,27H,1H3,(H,25,26,28). The van der Waals surface area contributed by atoms with Gasteiger partial charge in [-0.15, -0.1) is 11.3 Å². The number of nitrogens with one attached hydrogen (secondary N) is 2. The highest BCUT2D eigenvalue weighted by Crippen LogP contribution is 2.30. The van der Waals surface area contributed by atoms with E-state index in [-0.39, 0.29) is 22.0 Å². The molecule has 0 aliphatic heterocycles. The van der Waals surface area contributed by atoms with Crippen LogP contribution in [0.5, 0.6) is 0 Å². The summed E-state index contributed by atoms with van der Waals surface area (Å²) in [7, 11) is -3.77. The summed E-state index contributed by atoms with van der Waals surface area (Å²) in [6.07, 6.45) is 0. The first-order chi connectivity index (χ1) is 15.3. The third kappa shape index (κ3) is 4.84. The zero-order valence-corrected chi connectivity index (χ0v) is 18.5. The van der Waals surface area contributed by atoms with Crippen LogP contribution in [0.3, 0.4) is 0 Å². The van der Waals surface area contributed by atoms with E-state index in [1.807, 2.05) is 6.92 Å². The Morgan fingerprint density at radius 3 is 2.41 bits per heavy atom. The summed E-state index contributed by atoms with van der Waals surface area (Å²) in [5.74, 6) is -0.761. The van der Waals surface area contributed by atoms with Crippen molar-refractivity contribution >= 4 is 38.1 Å². The molecule has 1 heterocycles. The maximum atomic E-state index is 13.2. The number of rotatable bonds is 6. The van der Waals surface area contributed by atoms with Crippen LogP contribution >= 0.6 is 11.3 Å². The molecule has 3 aromatic carbocycles. The van der Waals surface area contributed by atoms with Crippen LogP contribution < -0.4 is 10.0 Å². The number of aryl methyl sites for hydroxylation is 1. The predicted molar refractivity (Wildman–Crippen MR) is 124 cm³/mol. The molecule has 32 heavy (non-hydrogen) atoms. The Morgan fingerprint density at radius 2 is 1.69 bits per heavy atom. The van der Waals surface area contributed by atoms with E-state index in [1.54, 1.807) is 48.5 Å². The van der Waals surface area contributed by atoms with Gasteiger partial charge in [-0.3, -0.25) is 14.8 Å². The number of benzene rings is 3. The number of aromatic nitrogens is 1. The summed E-state index contributed by atoms with van der Waals surface area (Å²) in [6, 6.07) is 20.1. The van der Waals surface area contributed by atoms with Crippen molar-refractivity contribution in [3.8, 4) is 11.3 Å². The average Bonchev–Trinajstić information content (AvgIpc) is 3.14. The largest absolute Gasteiger partial charge is 0.298 e. The van der Waals surface area contributed by atoms with Crippen molar-refractivity contribution in [1.82, 2.24) is 4.98 Å². The number of halogens is 1. The van der Waals surface area contributed by atoms with E-state index in [1.165, 1.54) is 41.7 Å². The Morgan fingerprint density at radius 1 is 0.969 bits per heavy atom. The highest BCUT2D eigenvalue weighted by atomic mass is 32.2. The number of carbonyl (C=O) groups is 1. The summed E-state index contributed by atoms with van der Waals surface area (Å²) in [5, 5.41) is 3.13. The minimum Gasteiger partial charge on any atom is -0.298 e. The number of anilines is 2. The molecule has 6 nitrogen and oxygen atoms in total. The van der Waals surface area contributed by atoms with Gasteiger partial charge in [-0.25, -0.2) is 17.8 Å². The molecule has 1 amide bonds. The van der Waals surface area contributed by atoms with Crippen molar-refractivity contribution in [2.45, 2.75) is 11.8 Å². The second-order valence-electron chi connectivity index (χ2n) is 6.88. The first kappa shape index (κ1) is 21.7. The molecule has 0 bridgehead atoms. The van der Waals surface area contributed by atoms with Crippen molar-refractivity contribution in [1.29, 1.82) is 0 Å². The fourth-order valence-corrected chi connectivity index (χ4v) is 4.93. The fraction of sp³-hybridized carbons (Fsp3) is 0.0435. The average molecular weight is 468 g/mol. The van der Waals surface area contributed by atoms with Gasteiger partial charge >= 0.3 is 0 Å². The van der Waals surface area contributed by atoms with Crippen LogP contribution in [0.1, 0.15) is 15.2 Å². The Labute approximate surface area is 188 Å². The van der Waals surface area contributed by atoms with Gasteiger partial charge in [0.25, 0.3) is 15.9 Å². The lowest BCUT2D eigenvalue weighted by atomic mass is 10.1. The summed E-state index contributed by atoms with van der Waals surface area (Å²) in [6.45, 7) is 1.87. The van der Waals surface area contributed by atoms with Crippen molar-refractivity contribution in [3.05, 3.63) is 95.1 Å². The van der Waals surface area contributed by atoms with Gasteiger partial charge in [0.2, 0.25) is 0 Å². The van der Waals surface area contributed by atoms with Crippen LogP contribution in [-0.2, 0) is 10.0 Å². The van der Waals surface area contributed by atoms with E-state index >= 15 is 0 Å². The number of hydrogen-bond acceptors (Lipinski definition) is 5. The SMILES string of the molecule is Cc1sc(NC(=O)c2cccc(NS(=O)(=O)c3ccccc3)c2)nc1-c1ccc(F)cc1. The Balaban J connectivity index is 1.51. The molecule has 9 heteroatoms. The fourth-order valence-electron chi connectivity index (χ4n) is 3.03. The van der Waals surface area contributed by atoms with E-state index < -0.39 is 15.9 Å². The van der Waals surface area contributed by atoms with E-state index in [0.29, 0.717) is 10.8 Å². The first-order valence-corrected chi connectivity index (χ1v) is 11.8. The molecule has 2 N–H and O–H groups in total.